The summed E-state index contributed by atoms with van der Waals surface area (Å²) in [6, 6.07) is 11.8. The van der Waals surface area contributed by atoms with Crippen LogP contribution in [-0.4, -0.2) is 11.7 Å². The fraction of sp³-hybridized carbons (Fsp3) is 0.231. The number of aliphatic hydroxyl groups is 1. The number of anilines is 1. The average molecular weight is 217 g/mol. The van der Waals surface area contributed by atoms with E-state index in [4.69, 9.17) is 9.52 Å². The van der Waals surface area contributed by atoms with Crippen LogP contribution in [0.2, 0.25) is 0 Å². The molecule has 0 aliphatic rings. The van der Waals surface area contributed by atoms with Crippen molar-refractivity contribution in [3.05, 3.63) is 54.0 Å². The molecule has 0 bridgehead atoms. The van der Waals surface area contributed by atoms with E-state index in [0.29, 0.717) is 13.0 Å². The van der Waals surface area contributed by atoms with Gasteiger partial charge in [0.2, 0.25) is 0 Å². The van der Waals surface area contributed by atoms with Crippen LogP contribution in [0.15, 0.2) is 47.1 Å². The summed E-state index contributed by atoms with van der Waals surface area (Å²) in [6.07, 6.45) is 2.36. The first kappa shape index (κ1) is 10.8. The van der Waals surface area contributed by atoms with Gasteiger partial charge in [0.15, 0.2) is 0 Å². The topological polar surface area (TPSA) is 45.4 Å². The molecule has 0 aliphatic carbocycles. The summed E-state index contributed by atoms with van der Waals surface area (Å²) in [5, 5.41) is 12.1. The minimum absolute atomic E-state index is 0.182. The molecule has 3 nitrogen and oxygen atoms in total. The molecule has 0 spiro atoms. The van der Waals surface area contributed by atoms with Crippen LogP contribution in [0.4, 0.5) is 5.69 Å². The van der Waals surface area contributed by atoms with E-state index in [1.165, 1.54) is 0 Å². The van der Waals surface area contributed by atoms with E-state index >= 15 is 0 Å². The summed E-state index contributed by atoms with van der Waals surface area (Å²) in [7, 11) is 0. The molecule has 0 amide bonds. The molecular weight excluding hydrogens is 202 g/mol. The summed E-state index contributed by atoms with van der Waals surface area (Å²) in [6.45, 7) is 0.858. The fourth-order valence-corrected chi connectivity index (χ4v) is 1.57. The Morgan fingerprint density at radius 3 is 2.88 bits per heavy atom. The molecule has 84 valence electrons. The van der Waals surface area contributed by atoms with Crippen LogP contribution in [0.1, 0.15) is 11.3 Å². The predicted octanol–water partition coefficient (Wildman–Crippen LogP) is 2.43. The molecule has 2 rings (SSSR count). The number of hydrogen-bond acceptors (Lipinski definition) is 3. The average Bonchev–Trinajstić information content (AvgIpc) is 2.80. The van der Waals surface area contributed by atoms with Crippen LogP contribution >= 0.6 is 0 Å². The lowest BCUT2D eigenvalue weighted by molar-refractivity contribution is 0.299. The summed E-state index contributed by atoms with van der Waals surface area (Å²) in [5.74, 6) is 0.910. The van der Waals surface area contributed by atoms with Gasteiger partial charge in [-0.25, -0.2) is 0 Å². The van der Waals surface area contributed by atoms with Crippen molar-refractivity contribution in [3.8, 4) is 0 Å². The summed E-state index contributed by atoms with van der Waals surface area (Å²) in [5.41, 5.74) is 2.18. The molecule has 1 aromatic carbocycles. The maximum atomic E-state index is 8.86. The van der Waals surface area contributed by atoms with Crippen LogP contribution < -0.4 is 5.32 Å². The van der Waals surface area contributed by atoms with Gasteiger partial charge in [-0.3, -0.25) is 0 Å². The van der Waals surface area contributed by atoms with Crippen molar-refractivity contribution in [2.24, 2.45) is 0 Å². The minimum atomic E-state index is 0.182. The van der Waals surface area contributed by atoms with Gasteiger partial charge in [-0.15, -0.1) is 0 Å². The van der Waals surface area contributed by atoms with Gasteiger partial charge in [-0.05, 0) is 36.2 Å². The van der Waals surface area contributed by atoms with Crippen molar-refractivity contribution >= 4 is 5.69 Å². The Balaban J connectivity index is 1.96. The quantitative estimate of drug-likeness (QED) is 0.808. The highest BCUT2D eigenvalue weighted by atomic mass is 16.3. The largest absolute Gasteiger partial charge is 0.467 e. The maximum Gasteiger partial charge on any atom is 0.122 e. The van der Waals surface area contributed by atoms with Crippen molar-refractivity contribution in [1.82, 2.24) is 0 Å². The fourth-order valence-electron chi connectivity index (χ4n) is 1.57. The third-order valence-electron chi connectivity index (χ3n) is 2.37. The molecule has 16 heavy (non-hydrogen) atoms. The van der Waals surface area contributed by atoms with E-state index in [1.807, 2.05) is 36.4 Å². The number of aliphatic hydroxyl groups excluding tert-OH is 1. The number of nitrogens with one attached hydrogen (secondary N) is 1. The Morgan fingerprint density at radius 1 is 1.19 bits per heavy atom. The second-order valence-electron chi connectivity index (χ2n) is 3.61. The van der Waals surface area contributed by atoms with Gasteiger partial charge in [0.05, 0.1) is 12.8 Å². The molecule has 3 heteroatoms. The van der Waals surface area contributed by atoms with Crippen molar-refractivity contribution in [2.75, 3.05) is 11.9 Å². The van der Waals surface area contributed by atoms with Gasteiger partial charge in [0.1, 0.15) is 5.76 Å². The molecular formula is C13H15NO2. The molecule has 0 radical (unpaired) electrons. The Bertz CT molecular complexity index is 423. The third kappa shape index (κ3) is 2.87. The summed E-state index contributed by atoms with van der Waals surface area (Å²) in [4.78, 5) is 0. The van der Waals surface area contributed by atoms with Gasteiger partial charge in [-0.1, -0.05) is 12.1 Å². The molecule has 0 saturated carbocycles. The first-order valence-corrected chi connectivity index (χ1v) is 5.34. The normalized spacial score (nSPS) is 10.3. The Morgan fingerprint density at radius 2 is 2.12 bits per heavy atom. The van der Waals surface area contributed by atoms with E-state index in [2.05, 4.69) is 5.32 Å². The molecule has 0 unspecified atom stereocenters. The molecule has 0 saturated heterocycles. The molecule has 2 N–H and O–H groups in total. The van der Waals surface area contributed by atoms with E-state index in [1.54, 1.807) is 6.26 Å². The smallest absolute Gasteiger partial charge is 0.122 e. The lowest BCUT2D eigenvalue weighted by atomic mass is 10.1. The summed E-state index contributed by atoms with van der Waals surface area (Å²) < 4.78 is 5.23. The van der Waals surface area contributed by atoms with Crippen molar-refractivity contribution in [1.29, 1.82) is 0 Å². The number of hydrogen-bond donors (Lipinski definition) is 2. The number of furan rings is 1. The van der Waals surface area contributed by atoms with Crippen LogP contribution in [0.5, 0.6) is 0 Å². The molecule has 0 fully saturated rings. The van der Waals surface area contributed by atoms with Crippen molar-refractivity contribution in [2.45, 2.75) is 13.0 Å². The van der Waals surface area contributed by atoms with E-state index in [-0.39, 0.29) is 6.61 Å². The Hall–Kier alpha value is -1.74. The molecule has 1 aromatic heterocycles. The van der Waals surface area contributed by atoms with Gasteiger partial charge in [0, 0.05) is 12.3 Å². The van der Waals surface area contributed by atoms with Crippen LogP contribution in [0.3, 0.4) is 0 Å². The Kier molecular flexibility index (Phi) is 3.62. The zero-order chi connectivity index (χ0) is 11.2. The van der Waals surface area contributed by atoms with Gasteiger partial charge in [0.25, 0.3) is 0 Å². The van der Waals surface area contributed by atoms with Crippen molar-refractivity contribution in [3.63, 3.8) is 0 Å². The highest BCUT2D eigenvalue weighted by Crippen LogP contribution is 2.12. The predicted molar refractivity (Wildman–Crippen MR) is 63.3 cm³/mol. The zero-order valence-corrected chi connectivity index (χ0v) is 9.02. The number of benzene rings is 1. The first-order chi connectivity index (χ1) is 7.88. The lowest BCUT2D eigenvalue weighted by Gasteiger charge is -2.06. The SMILES string of the molecule is OCCc1cccc(NCc2ccco2)c1. The minimum Gasteiger partial charge on any atom is -0.467 e. The van der Waals surface area contributed by atoms with Crippen LogP contribution in [0, 0.1) is 0 Å². The number of rotatable bonds is 5. The molecule has 2 aromatic rings. The second kappa shape index (κ2) is 5.37. The lowest BCUT2D eigenvalue weighted by Crippen LogP contribution is -1.99. The van der Waals surface area contributed by atoms with Crippen molar-refractivity contribution < 1.29 is 9.52 Å². The molecule has 1 heterocycles. The van der Waals surface area contributed by atoms with Gasteiger partial charge in [-0.2, -0.15) is 0 Å². The van der Waals surface area contributed by atoms with E-state index < -0.39 is 0 Å². The Labute approximate surface area is 94.7 Å². The molecule has 0 atom stereocenters. The monoisotopic (exact) mass is 217 g/mol. The third-order valence-corrected chi connectivity index (χ3v) is 2.37. The first-order valence-electron chi connectivity index (χ1n) is 5.34. The highest BCUT2D eigenvalue weighted by Gasteiger charge is 1.97. The van der Waals surface area contributed by atoms with Gasteiger partial charge >= 0.3 is 0 Å². The second-order valence-corrected chi connectivity index (χ2v) is 3.61. The standard InChI is InChI=1S/C13H15NO2/c15-7-6-11-3-1-4-12(9-11)14-10-13-5-2-8-16-13/h1-5,8-9,14-15H,6-7,10H2. The van der Waals surface area contributed by atoms with Gasteiger partial charge < -0.3 is 14.8 Å². The maximum absolute atomic E-state index is 8.86. The summed E-state index contributed by atoms with van der Waals surface area (Å²) >= 11 is 0. The van der Waals surface area contributed by atoms with Crippen LogP contribution in [0.25, 0.3) is 0 Å². The zero-order valence-electron chi connectivity index (χ0n) is 9.02. The van der Waals surface area contributed by atoms with E-state index in [9.17, 15) is 0 Å². The highest BCUT2D eigenvalue weighted by molar-refractivity contribution is 5.45. The van der Waals surface area contributed by atoms with Crippen LogP contribution in [-0.2, 0) is 13.0 Å². The van der Waals surface area contributed by atoms with E-state index in [0.717, 1.165) is 17.0 Å². The molecule has 0 aliphatic heterocycles.